The first kappa shape index (κ1) is 25.2. The smallest absolute Gasteiger partial charge is 0.475 e. The average molecular weight is 506 g/mol. The van der Waals surface area contributed by atoms with Gasteiger partial charge in [-0.15, -0.1) is 11.3 Å². The highest BCUT2D eigenvalue weighted by Crippen LogP contribution is 2.39. The summed E-state index contributed by atoms with van der Waals surface area (Å²) >= 11 is 7.78. The van der Waals surface area contributed by atoms with Gasteiger partial charge in [0.1, 0.15) is 17.1 Å². The summed E-state index contributed by atoms with van der Waals surface area (Å²) in [5, 5.41) is 10.8. The Labute approximate surface area is 195 Å². The van der Waals surface area contributed by atoms with Crippen LogP contribution in [0.15, 0.2) is 36.4 Å². The number of thiophene rings is 1. The zero-order chi connectivity index (χ0) is 24.2. The van der Waals surface area contributed by atoms with Gasteiger partial charge in [0.15, 0.2) is 0 Å². The van der Waals surface area contributed by atoms with Crippen molar-refractivity contribution in [2.45, 2.75) is 37.7 Å². The second-order valence-electron chi connectivity index (χ2n) is 7.20. The standard InChI is InChI=1S/C19H19ClFN3OS.C2HF3O2/c20-17-9-14(23-10-11-4-1-2-5-12(11)21)19-15(24-17)8-16(26-19)18-13(22)6-3-7-25-18;3-2(4,5)1(6)7/h1-2,4-5,8-9,13,18H,3,6-7,10,22H2,(H,23,24);(H,6,7)/t13-,18-;/m0./s1. The molecule has 0 radical (unpaired) electrons. The molecule has 4 rings (SSSR count). The summed E-state index contributed by atoms with van der Waals surface area (Å²) in [6.45, 7) is 1.09. The van der Waals surface area contributed by atoms with Crippen LogP contribution in [0.4, 0.5) is 23.2 Å². The second-order valence-corrected chi connectivity index (χ2v) is 8.67. The molecular weight excluding hydrogens is 486 g/mol. The Morgan fingerprint density at radius 1 is 1.33 bits per heavy atom. The van der Waals surface area contributed by atoms with E-state index in [2.05, 4.69) is 10.3 Å². The number of halogens is 5. The highest BCUT2D eigenvalue weighted by Gasteiger charge is 2.38. The van der Waals surface area contributed by atoms with E-state index in [-0.39, 0.29) is 18.0 Å². The van der Waals surface area contributed by atoms with Gasteiger partial charge in [0.25, 0.3) is 0 Å². The number of aliphatic carboxylic acids is 1. The van der Waals surface area contributed by atoms with Crippen molar-refractivity contribution < 1.29 is 32.2 Å². The molecule has 4 N–H and O–H groups in total. The Bertz CT molecular complexity index is 1130. The monoisotopic (exact) mass is 505 g/mol. The van der Waals surface area contributed by atoms with Crippen molar-refractivity contribution in [2.75, 3.05) is 11.9 Å². The first-order chi connectivity index (χ1) is 15.6. The van der Waals surface area contributed by atoms with Gasteiger partial charge in [-0.1, -0.05) is 29.8 Å². The number of ether oxygens (including phenoxy) is 1. The van der Waals surface area contributed by atoms with Gasteiger partial charge in [-0.2, -0.15) is 13.2 Å². The number of nitrogens with two attached hydrogens (primary N) is 1. The highest BCUT2D eigenvalue weighted by atomic mass is 35.5. The SMILES string of the molecule is N[C@H]1CCCO[C@@H]1c1cc2nc(Cl)cc(NCc3ccccc3F)c2s1.O=C(O)C(F)(F)F. The van der Waals surface area contributed by atoms with Crippen LogP contribution in [0.3, 0.4) is 0 Å². The predicted octanol–water partition coefficient (Wildman–Crippen LogP) is 5.51. The molecule has 1 fully saturated rings. The van der Waals surface area contributed by atoms with Gasteiger partial charge in [0.05, 0.1) is 15.9 Å². The maximum Gasteiger partial charge on any atom is 0.490 e. The van der Waals surface area contributed by atoms with Crippen molar-refractivity contribution in [3.05, 3.63) is 57.8 Å². The van der Waals surface area contributed by atoms with Crippen LogP contribution >= 0.6 is 22.9 Å². The molecule has 33 heavy (non-hydrogen) atoms. The molecule has 2 aromatic heterocycles. The van der Waals surface area contributed by atoms with Crippen LogP contribution < -0.4 is 11.1 Å². The molecule has 178 valence electrons. The zero-order valence-electron chi connectivity index (χ0n) is 17.0. The number of hydrogen-bond acceptors (Lipinski definition) is 6. The van der Waals surface area contributed by atoms with Crippen molar-refractivity contribution in [1.82, 2.24) is 4.98 Å². The Morgan fingerprint density at radius 3 is 2.67 bits per heavy atom. The third-order valence-electron chi connectivity index (χ3n) is 4.78. The van der Waals surface area contributed by atoms with E-state index in [1.807, 2.05) is 12.1 Å². The summed E-state index contributed by atoms with van der Waals surface area (Å²) < 4.78 is 52.5. The fraction of sp³-hybridized carbons (Fsp3) is 0.333. The minimum Gasteiger partial charge on any atom is -0.475 e. The zero-order valence-corrected chi connectivity index (χ0v) is 18.6. The number of carbonyl (C=O) groups is 1. The number of benzene rings is 1. The van der Waals surface area contributed by atoms with Gasteiger partial charge in [-0.25, -0.2) is 14.2 Å². The predicted molar refractivity (Wildman–Crippen MR) is 118 cm³/mol. The minimum absolute atomic E-state index is 0.0119. The number of carboxylic acid groups (broad SMARTS) is 1. The molecule has 0 spiro atoms. The van der Waals surface area contributed by atoms with Gasteiger partial charge in [0, 0.05) is 35.7 Å². The molecule has 1 saturated heterocycles. The van der Waals surface area contributed by atoms with E-state index in [0.717, 1.165) is 40.2 Å². The Hall–Kier alpha value is -2.47. The number of nitrogens with one attached hydrogen (secondary N) is 1. The summed E-state index contributed by atoms with van der Waals surface area (Å²) in [4.78, 5) is 14.4. The van der Waals surface area contributed by atoms with E-state index in [0.29, 0.717) is 17.3 Å². The third-order valence-corrected chi connectivity index (χ3v) is 6.20. The largest absolute Gasteiger partial charge is 0.490 e. The molecule has 2 atom stereocenters. The van der Waals surface area contributed by atoms with Crippen molar-refractivity contribution in [2.24, 2.45) is 5.73 Å². The molecule has 0 saturated carbocycles. The highest BCUT2D eigenvalue weighted by molar-refractivity contribution is 7.19. The second kappa shape index (κ2) is 10.6. The molecule has 6 nitrogen and oxygen atoms in total. The first-order valence-electron chi connectivity index (χ1n) is 9.81. The van der Waals surface area contributed by atoms with Crippen molar-refractivity contribution >= 4 is 44.8 Å². The number of fused-ring (bicyclic) bond motifs is 1. The van der Waals surface area contributed by atoms with Crippen LogP contribution in [0.25, 0.3) is 10.2 Å². The maximum atomic E-state index is 13.9. The summed E-state index contributed by atoms with van der Waals surface area (Å²) in [5.41, 5.74) is 8.47. The Morgan fingerprint density at radius 2 is 2.03 bits per heavy atom. The molecule has 1 aliphatic heterocycles. The van der Waals surface area contributed by atoms with Crippen LogP contribution in [0.2, 0.25) is 5.15 Å². The van der Waals surface area contributed by atoms with E-state index < -0.39 is 12.1 Å². The molecule has 1 aliphatic rings. The lowest BCUT2D eigenvalue weighted by atomic mass is 10.0. The quantitative estimate of drug-likeness (QED) is 0.319. The van der Waals surface area contributed by atoms with Crippen molar-refractivity contribution in [1.29, 1.82) is 0 Å². The van der Waals surface area contributed by atoms with Crippen LogP contribution in [0.5, 0.6) is 0 Å². The van der Waals surface area contributed by atoms with E-state index >= 15 is 0 Å². The molecule has 12 heteroatoms. The van der Waals surface area contributed by atoms with Gasteiger partial charge in [0.2, 0.25) is 0 Å². The summed E-state index contributed by atoms with van der Waals surface area (Å²) in [5.74, 6) is -2.99. The number of alkyl halides is 3. The number of rotatable bonds is 4. The lowest BCUT2D eigenvalue weighted by Crippen LogP contribution is -2.33. The maximum absolute atomic E-state index is 13.9. The Balaban J connectivity index is 0.000000383. The van der Waals surface area contributed by atoms with E-state index in [9.17, 15) is 17.6 Å². The average Bonchev–Trinajstić information content (AvgIpc) is 3.17. The van der Waals surface area contributed by atoms with E-state index in [4.69, 9.17) is 32.0 Å². The van der Waals surface area contributed by atoms with E-state index in [1.54, 1.807) is 29.5 Å². The topological polar surface area (TPSA) is 97.5 Å². The molecule has 0 amide bonds. The summed E-state index contributed by atoms with van der Waals surface area (Å²) in [6, 6.07) is 10.5. The minimum atomic E-state index is -5.08. The van der Waals surface area contributed by atoms with Crippen molar-refractivity contribution in [3.8, 4) is 0 Å². The molecule has 3 aromatic rings. The fourth-order valence-electron chi connectivity index (χ4n) is 3.21. The molecule has 1 aromatic carbocycles. The van der Waals surface area contributed by atoms with Gasteiger partial charge in [-0.3, -0.25) is 0 Å². The number of hydrogen-bond donors (Lipinski definition) is 3. The molecule has 0 bridgehead atoms. The third kappa shape index (κ3) is 6.53. The van der Waals surface area contributed by atoms with Crippen LogP contribution in [0.1, 0.15) is 29.4 Å². The van der Waals surface area contributed by atoms with Gasteiger partial charge < -0.3 is 20.9 Å². The summed E-state index contributed by atoms with van der Waals surface area (Å²) in [7, 11) is 0. The van der Waals surface area contributed by atoms with Gasteiger partial charge in [-0.05, 0) is 25.0 Å². The number of carboxylic acids is 1. The molecule has 3 heterocycles. The Kier molecular flexibility index (Phi) is 8.11. The van der Waals surface area contributed by atoms with Crippen LogP contribution in [-0.2, 0) is 16.1 Å². The number of nitrogens with zero attached hydrogens (tertiary/aromatic N) is 1. The van der Waals surface area contributed by atoms with Crippen LogP contribution in [0, 0.1) is 5.82 Å². The number of pyridine rings is 1. The normalized spacial score (nSPS) is 18.5. The van der Waals surface area contributed by atoms with Crippen molar-refractivity contribution in [3.63, 3.8) is 0 Å². The summed E-state index contributed by atoms with van der Waals surface area (Å²) in [6.07, 6.45) is -3.26. The molecular formula is C21H20ClF4N3O3S. The van der Waals surface area contributed by atoms with Crippen LogP contribution in [-0.4, -0.2) is 34.9 Å². The molecule has 0 unspecified atom stereocenters. The number of aromatic nitrogens is 1. The lowest BCUT2D eigenvalue weighted by molar-refractivity contribution is -0.192. The lowest BCUT2D eigenvalue weighted by Gasteiger charge is -2.27. The van der Waals surface area contributed by atoms with E-state index in [1.165, 1.54) is 6.07 Å². The first-order valence-corrected chi connectivity index (χ1v) is 11.0. The molecule has 0 aliphatic carbocycles. The fourth-order valence-corrected chi connectivity index (χ4v) is 4.62. The van der Waals surface area contributed by atoms with Gasteiger partial charge >= 0.3 is 12.1 Å². The number of anilines is 1.